The Hall–Kier alpha value is -1.63. The van der Waals surface area contributed by atoms with Crippen molar-refractivity contribution in [3.8, 4) is 0 Å². The number of hydrogen-bond donors (Lipinski definition) is 4. The first-order chi connectivity index (χ1) is 9.41. The van der Waals surface area contributed by atoms with Gasteiger partial charge in [-0.25, -0.2) is 4.79 Å². The molecule has 7 heteroatoms. The summed E-state index contributed by atoms with van der Waals surface area (Å²) in [4.78, 5) is 33.6. The molecule has 5 N–H and O–H groups in total. The average Bonchev–Trinajstić information content (AvgIpc) is 2.58. The van der Waals surface area contributed by atoms with Gasteiger partial charge in [0.05, 0.1) is 5.92 Å². The second-order valence-corrected chi connectivity index (χ2v) is 5.24. The van der Waals surface area contributed by atoms with E-state index in [0.717, 1.165) is 25.7 Å². The molecule has 0 spiro atoms. The summed E-state index contributed by atoms with van der Waals surface area (Å²) in [6.45, 7) is 0. The van der Waals surface area contributed by atoms with Crippen LogP contribution < -0.4 is 11.1 Å². The van der Waals surface area contributed by atoms with Gasteiger partial charge in [0.25, 0.3) is 0 Å². The summed E-state index contributed by atoms with van der Waals surface area (Å²) in [6, 6.07) is -1.43. The fourth-order valence-corrected chi connectivity index (χ4v) is 2.47. The monoisotopic (exact) mass is 286 g/mol. The topological polar surface area (TPSA) is 130 Å². The number of carboxylic acid groups (broad SMARTS) is 2. The van der Waals surface area contributed by atoms with Crippen molar-refractivity contribution in [3.05, 3.63) is 0 Å². The van der Waals surface area contributed by atoms with E-state index in [9.17, 15) is 14.4 Å². The molecule has 0 aromatic carbocycles. The van der Waals surface area contributed by atoms with E-state index in [1.165, 1.54) is 0 Å². The van der Waals surface area contributed by atoms with Crippen molar-refractivity contribution in [1.82, 2.24) is 5.32 Å². The largest absolute Gasteiger partial charge is 0.481 e. The molecule has 0 bridgehead atoms. The molecule has 3 unspecified atom stereocenters. The maximum Gasteiger partial charge on any atom is 0.326 e. The smallest absolute Gasteiger partial charge is 0.326 e. The van der Waals surface area contributed by atoms with Crippen molar-refractivity contribution >= 4 is 17.8 Å². The van der Waals surface area contributed by atoms with Crippen molar-refractivity contribution in [2.75, 3.05) is 0 Å². The Kier molecular flexibility index (Phi) is 6.44. The van der Waals surface area contributed by atoms with Crippen LogP contribution in [0.4, 0.5) is 0 Å². The van der Waals surface area contributed by atoms with E-state index in [0.29, 0.717) is 6.42 Å². The summed E-state index contributed by atoms with van der Waals surface area (Å²) in [5, 5.41) is 20.0. The van der Waals surface area contributed by atoms with E-state index in [4.69, 9.17) is 15.9 Å². The molecule has 20 heavy (non-hydrogen) atoms. The summed E-state index contributed by atoms with van der Waals surface area (Å²) < 4.78 is 0. The molecule has 1 fully saturated rings. The van der Waals surface area contributed by atoms with Crippen LogP contribution in [0.1, 0.15) is 44.9 Å². The number of aliphatic carboxylic acids is 2. The Morgan fingerprint density at radius 3 is 2.40 bits per heavy atom. The van der Waals surface area contributed by atoms with Crippen LogP contribution >= 0.6 is 0 Å². The predicted molar refractivity (Wildman–Crippen MR) is 71.0 cm³/mol. The number of nitrogens with one attached hydrogen (secondary N) is 1. The second kappa shape index (κ2) is 7.84. The lowest BCUT2D eigenvalue weighted by molar-refractivity contribution is -0.143. The first-order valence-electron chi connectivity index (χ1n) is 6.92. The van der Waals surface area contributed by atoms with Crippen LogP contribution in [0, 0.1) is 5.92 Å². The van der Waals surface area contributed by atoms with Gasteiger partial charge in [0.15, 0.2) is 0 Å². The molecule has 1 aliphatic rings. The van der Waals surface area contributed by atoms with Crippen LogP contribution in [0.3, 0.4) is 0 Å². The fraction of sp³-hybridized carbons (Fsp3) is 0.769. The van der Waals surface area contributed by atoms with Crippen LogP contribution in [0.2, 0.25) is 0 Å². The minimum Gasteiger partial charge on any atom is -0.481 e. The summed E-state index contributed by atoms with van der Waals surface area (Å²) >= 11 is 0. The third kappa shape index (κ3) is 5.16. The van der Waals surface area contributed by atoms with Crippen molar-refractivity contribution in [1.29, 1.82) is 0 Å². The van der Waals surface area contributed by atoms with Gasteiger partial charge in [0.2, 0.25) is 5.91 Å². The zero-order valence-corrected chi connectivity index (χ0v) is 11.4. The summed E-state index contributed by atoms with van der Waals surface area (Å²) in [7, 11) is 0. The Morgan fingerprint density at radius 2 is 1.80 bits per heavy atom. The lowest BCUT2D eigenvalue weighted by Crippen LogP contribution is -2.48. The number of carbonyl (C=O) groups excluding carboxylic acids is 1. The number of carboxylic acids is 2. The van der Waals surface area contributed by atoms with Crippen molar-refractivity contribution in [3.63, 3.8) is 0 Å². The van der Waals surface area contributed by atoms with Gasteiger partial charge in [0, 0.05) is 12.5 Å². The van der Waals surface area contributed by atoms with Crippen LogP contribution in [-0.2, 0) is 14.4 Å². The number of amides is 1. The maximum absolute atomic E-state index is 12.1. The molecule has 0 aromatic heterocycles. The molecule has 1 amide bonds. The molecule has 3 atom stereocenters. The lowest BCUT2D eigenvalue weighted by atomic mass is 9.94. The maximum atomic E-state index is 12.1. The van der Waals surface area contributed by atoms with E-state index in [-0.39, 0.29) is 30.7 Å². The molecule has 1 saturated carbocycles. The van der Waals surface area contributed by atoms with Gasteiger partial charge < -0.3 is 21.3 Å². The number of rotatable bonds is 6. The van der Waals surface area contributed by atoms with Gasteiger partial charge >= 0.3 is 11.9 Å². The highest BCUT2D eigenvalue weighted by molar-refractivity contribution is 5.85. The first-order valence-corrected chi connectivity index (χ1v) is 6.92. The molecule has 0 heterocycles. The standard InChI is InChI=1S/C13H22N2O5/c14-9-5-3-1-2-4-8(9)12(18)15-10(13(19)20)6-7-11(16)17/h8-10H,1-7,14H2,(H,15,18)(H,16,17)(H,19,20). The van der Waals surface area contributed by atoms with Gasteiger partial charge in [-0.3, -0.25) is 9.59 Å². The fourth-order valence-electron chi connectivity index (χ4n) is 2.47. The molecule has 1 rings (SSSR count). The van der Waals surface area contributed by atoms with Crippen LogP contribution in [0.5, 0.6) is 0 Å². The normalized spacial score (nSPS) is 24.4. The van der Waals surface area contributed by atoms with E-state index in [1.807, 2.05) is 0 Å². The highest BCUT2D eigenvalue weighted by atomic mass is 16.4. The quantitative estimate of drug-likeness (QED) is 0.520. The van der Waals surface area contributed by atoms with Gasteiger partial charge in [0.1, 0.15) is 6.04 Å². The summed E-state index contributed by atoms with van der Waals surface area (Å²) in [5.74, 6) is -3.07. The number of carbonyl (C=O) groups is 3. The predicted octanol–water partition coefficient (Wildman–Crippen LogP) is 0.328. The Labute approximate surface area is 117 Å². The van der Waals surface area contributed by atoms with Crippen LogP contribution in [-0.4, -0.2) is 40.1 Å². The van der Waals surface area contributed by atoms with Gasteiger partial charge in [-0.1, -0.05) is 19.3 Å². The molecular weight excluding hydrogens is 264 g/mol. The van der Waals surface area contributed by atoms with Gasteiger partial charge in [-0.2, -0.15) is 0 Å². The van der Waals surface area contributed by atoms with Gasteiger partial charge in [-0.05, 0) is 19.3 Å². The molecule has 0 saturated heterocycles. The van der Waals surface area contributed by atoms with E-state index < -0.39 is 18.0 Å². The zero-order valence-electron chi connectivity index (χ0n) is 11.4. The van der Waals surface area contributed by atoms with Gasteiger partial charge in [-0.15, -0.1) is 0 Å². The van der Waals surface area contributed by atoms with Crippen LogP contribution in [0.15, 0.2) is 0 Å². The van der Waals surface area contributed by atoms with Crippen LogP contribution in [0.25, 0.3) is 0 Å². The number of nitrogens with two attached hydrogens (primary N) is 1. The van der Waals surface area contributed by atoms with E-state index in [1.54, 1.807) is 0 Å². The molecule has 1 aliphatic carbocycles. The molecule has 7 nitrogen and oxygen atoms in total. The minimum absolute atomic E-state index is 0.127. The Morgan fingerprint density at radius 1 is 1.15 bits per heavy atom. The third-order valence-corrected chi connectivity index (χ3v) is 3.67. The molecular formula is C13H22N2O5. The molecule has 0 aromatic rings. The summed E-state index contributed by atoms with van der Waals surface area (Å²) in [5.41, 5.74) is 5.95. The summed E-state index contributed by atoms with van der Waals surface area (Å²) in [6.07, 6.45) is 3.89. The third-order valence-electron chi connectivity index (χ3n) is 3.67. The SMILES string of the molecule is NC1CCCCCC1C(=O)NC(CCC(=O)O)C(=O)O. The minimum atomic E-state index is -1.22. The second-order valence-electron chi connectivity index (χ2n) is 5.24. The van der Waals surface area contributed by atoms with E-state index in [2.05, 4.69) is 5.32 Å². The first kappa shape index (κ1) is 16.4. The average molecular weight is 286 g/mol. The lowest BCUT2D eigenvalue weighted by Gasteiger charge is -2.23. The molecule has 0 aliphatic heterocycles. The highest BCUT2D eigenvalue weighted by Crippen LogP contribution is 2.22. The molecule has 114 valence electrons. The zero-order chi connectivity index (χ0) is 15.1. The van der Waals surface area contributed by atoms with Crippen molar-refractivity contribution in [2.24, 2.45) is 11.7 Å². The van der Waals surface area contributed by atoms with Crippen molar-refractivity contribution < 1.29 is 24.6 Å². The Bertz CT molecular complexity index is 372. The molecule has 0 radical (unpaired) electrons. The van der Waals surface area contributed by atoms with Crippen molar-refractivity contribution in [2.45, 2.75) is 57.0 Å². The number of hydrogen-bond acceptors (Lipinski definition) is 4. The van der Waals surface area contributed by atoms with E-state index >= 15 is 0 Å². The Balaban J connectivity index is 2.59. The highest BCUT2D eigenvalue weighted by Gasteiger charge is 2.30.